The van der Waals surface area contributed by atoms with Gasteiger partial charge in [-0.15, -0.1) is 0 Å². The second kappa shape index (κ2) is 5.09. The van der Waals surface area contributed by atoms with E-state index in [2.05, 4.69) is 4.98 Å². The standard InChI is InChI=1S/C16H14N2O2/c1-19-13-6-2-11(3-7-13)4-9-16-18-14-8-5-12(17)10-15(14)20-16/h2-10H,17H2,1H3/b9-4+. The number of nitrogens with two attached hydrogens (primary N) is 1. The number of hydrogen-bond donors (Lipinski definition) is 1. The van der Waals surface area contributed by atoms with Gasteiger partial charge in [0.2, 0.25) is 5.89 Å². The third-order valence-electron chi connectivity index (χ3n) is 2.96. The van der Waals surface area contributed by atoms with Gasteiger partial charge in [0.05, 0.1) is 7.11 Å². The Morgan fingerprint density at radius 1 is 1.10 bits per heavy atom. The minimum atomic E-state index is 0.557. The van der Waals surface area contributed by atoms with E-state index in [-0.39, 0.29) is 0 Å². The average Bonchev–Trinajstić information content (AvgIpc) is 2.87. The van der Waals surface area contributed by atoms with Crippen LogP contribution < -0.4 is 10.5 Å². The van der Waals surface area contributed by atoms with Crippen LogP contribution in [0.2, 0.25) is 0 Å². The van der Waals surface area contributed by atoms with Crippen molar-refractivity contribution in [2.75, 3.05) is 12.8 Å². The van der Waals surface area contributed by atoms with Gasteiger partial charge in [-0.05, 0) is 35.9 Å². The van der Waals surface area contributed by atoms with Gasteiger partial charge in [-0.1, -0.05) is 12.1 Å². The van der Waals surface area contributed by atoms with Crippen molar-refractivity contribution in [3.63, 3.8) is 0 Å². The van der Waals surface area contributed by atoms with Gasteiger partial charge in [-0.3, -0.25) is 0 Å². The summed E-state index contributed by atoms with van der Waals surface area (Å²) in [6, 6.07) is 13.2. The molecule has 3 aromatic rings. The quantitative estimate of drug-likeness (QED) is 0.736. The van der Waals surface area contributed by atoms with Crippen LogP contribution in [0.5, 0.6) is 5.75 Å². The highest BCUT2D eigenvalue weighted by Gasteiger charge is 2.02. The molecule has 0 aliphatic heterocycles. The molecule has 0 amide bonds. The normalized spacial score (nSPS) is 11.2. The first-order chi connectivity index (χ1) is 9.74. The Morgan fingerprint density at radius 2 is 1.90 bits per heavy atom. The number of aromatic nitrogens is 1. The summed E-state index contributed by atoms with van der Waals surface area (Å²) in [5.41, 5.74) is 8.92. The average molecular weight is 266 g/mol. The van der Waals surface area contributed by atoms with Crippen molar-refractivity contribution in [1.82, 2.24) is 4.98 Å². The van der Waals surface area contributed by atoms with E-state index in [4.69, 9.17) is 14.9 Å². The summed E-state index contributed by atoms with van der Waals surface area (Å²) in [5, 5.41) is 0. The molecule has 0 fully saturated rings. The minimum absolute atomic E-state index is 0.557. The molecule has 0 bridgehead atoms. The summed E-state index contributed by atoms with van der Waals surface area (Å²) >= 11 is 0. The molecule has 4 heteroatoms. The Morgan fingerprint density at radius 3 is 2.65 bits per heavy atom. The van der Waals surface area contributed by atoms with Gasteiger partial charge in [0.15, 0.2) is 5.58 Å². The molecule has 0 saturated carbocycles. The van der Waals surface area contributed by atoms with Crippen LogP contribution in [-0.2, 0) is 0 Å². The number of anilines is 1. The molecule has 0 unspecified atom stereocenters. The zero-order valence-corrected chi connectivity index (χ0v) is 11.0. The monoisotopic (exact) mass is 266 g/mol. The van der Waals surface area contributed by atoms with Crippen molar-refractivity contribution in [2.45, 2.75) is 0 Å². The second-order valence-corrected chi connectivity index (χ2v) is 4.39. The van der Waals surface area contributed by atoms with Crippen molar-refractivity contribution in [3.05, 3.63) is 53.9 Å². The molecule has 0 aliphatic carbocycles. The first kappa shape index (κ1) is 12.3. The van der Waals surface area contributed by atoms with Crippen LogP contribution in [0.15, 0.2) is 46.9 Å². The van der Waals surface area contributed by atoms with Crippen LogP contribution in [0.3, 0.4) is 0 Å². The smallest absolute Gasteiger partial charge is 0.220 e. The van der Waals surface area contributed by atoms with E-state index < -0.39 is 0 Å². The van der Waals surface area contributed by atoms with Gasteiger partial charge in [-0.2, -0.15) is 0 Å². The van der Waals surface area contributed by atoms with Crippen molar-refractivity contribution in [3.8, 4) is 5.75 Å². The van der Waals surface area contributed by atoms with Crippen LogP contribution in [0, 0.1) is 0 Å². The molecule has 0 radical (unpaired) electrons. The van der Waals surface area contributed by atoms with Crippen molar-refractivity contribution < 1.29 is 9.15 Å². The Balaban J connectivity index is 1.85. The molecule has 0 atom stereocenters. The largest absolute Gasteiger partial charge is 0.497 e. The van der Waals surface area contributed by atoms with E-state index in [1.54, 1.807) is 13.2 Å². The molecular weight excluding hydrogens is 252 g/mol. The fourth-order valence-corrected chi connectivity index (χ4v) is 1.91. The first-order valence-corrected chi connectivity index (χ1v) is 6.23. The molecule has 100 valence electrons. The van der Waals surface area contributed by atoms with E-state index in [9.17, 15) is 0 Å². The Bertz CT molecular complexity index is 758. The molecule has 4 nitrogen and oxygen atoms in total. The Labute approximate surface area is 116 Å². The number of oxazole rings is 1. The van der Waals surface area contributed by atoms with Crippen LogP contribution in [0.1, 0.15) is 11.5 Å². The summed E-state index contributed by atoms with van der Waals surface area (Å²) in [6.07, 6.45) is 3.77. The second-order valence-electron chi connectivity index (χ2n) is 4.39. The lowest BCUT2D eigenvalue weighted by Crippen LogP contribution is -1.81. The zero-order valence-electron chi connectivity index (χ0n) is 11.0. The summed E-state index contributed by atoms with van der Waals surface area (Å²) in [4.78, 5) is 4.37. The van der Waals surface area contributed by atoms with Gasteiger partial charge < -0.3 is 14.9 Å². The lowest BCUT2D eigenvalue weighted by atomic mass is 10.2. The molecule has 3 rings (SSSR count). The molecule has 2 N–H and O–H groups in total. The summed E-state index contributed by atoms with van der Waals surface area (Å²) in [7, 11) is 1.65. The van der Waals surface area contributed by atoms with Crippen LogP contribution >= 0.6 is 0 Å². The number of hydrogen-bond acceptors (Lipinski definition) is 4. The Hall–Kier alpha value is -2.75. The fourth-order valence-electron chi connectivity index (χ4n) is 1.91. The third kappa shape index (κ3) is 2.49. The van der Waals surface area contributed by atoms with Gasteiger partial charge in [0.25, 0.3) is 0 Å². The highest BCUT2D eigenvalue weighted by atomic mass is 16.5. The number of methoxy groups -OCH3 is 1. The highest BCUT2D eigenvalue weighted by molar-refractivity contribution is 5.79. The molecule has 1 heterocycles. The van der Waals surface area contributed by atoms with E-state index in [0.29, 0.717) is 17.2 Å². The molecule has 20 heavy (non-hydrogen) atoms. The van der Waals surface area contributed by atoms with E-state index in [1.807, 2.05) is 48.6 Å². The van der Waals surface area contributed by atoms with E-state index >= 15 is 0 Å². The lowest BCUT2D eigenvalue weighted by Gasteiger charge is -1.98. The molecule has 1 aromatic heterocycles. The van der Waals surface area contributed by atoms with Crippen molar-refractivity contribution in [2.24, 2.45) is 0 Å². The summed E-state index contributed by atoms with van der Waals surface area (Å²) in [5.74, 6) is 1.39. The van der Waals surface area contributed by atoms with Crippen LogP contribution in [0.25, 0.3) is 23.3 Å². The first-order valence-electron chi connectivity index (χ1n) is 6.23. The topological polar surface area (TPSA) is 61.3 Å². The number of ether oxygens (including phenoxy) is 1. The van der Waals surface area contributed by atoms with Crippen molar-refractivity contribution >= 4 is 28.9 Å². The summed E-state index contributed by atoms with van der Waals surface area (Å²) < 4.78 is 10.7. The zero-order chi connectivity index (χ0) is 13.9. The highest BCUT2D eigenvalue weighted by Crippen LogP contribution is 2.20. The van der Waals surface area contributed by atoms with Crippen LogP contribution in [-0.4, -0.2) is 12.1 Å². The van der Waals surface area contributed by atoms with Gasteiger partial charge in [-0.25, -0.2) is 4.98 Å². The SMILES string of the molecule is COc1ccc(/C=C/c2nc3ccc(N)cc3o2)cc1. The lowest BCUT2D eigenvalue weighted by molar-refractivity contribution is 0.415. The van der Waals surface area contributed by atoms with E-state index in [1.165, 1.54) is 0 Å². The number of nitrogen functional groups attached to an aromatic ring is 1. The fraction of sp³-hybridized carbons (Fsp3) is 0.0625. The number of rotatable bonds is 3. The number of benzene rings is 2. The van der Waals surface area contributed by atoms with Crippen molar-refractivity contribution in [1.29, 1.82) is 0 Å². The minimum Gasteiger partial charge on any atom is -0.497 e. The van der Waals surface area contributed by atoms with Gasteiger partial charge in [0.1, 0.15) is 11.3 Å². The molecular formula is C16H14N2O2. The predicted octanol–water partition coefficient (Wildman–Crippen LogP) is 3.59. The maximum absolute atomic E-state index is 5.71. The van der Waals surface area contributed by atoms with Gasteiger partial charge in [0, 0.05) is 17.8 Å². The molecule has 0 saturated heterocycles. The molecule has 2 aromatic carbocycles. The molecule has 0 aliphatic rings. The van der Waals surface area contributed by atoms with E-state index in [0.717, 1.165) is 16.8 Å². The maximum atomic E-state index is 5.71. The predicted molar refractivity (Wildman–Crippen MR) is 80.3 cm³/mol. The third-order valence-corrected chi connectivity index (χ3v) is 2.96. The van der Waals surface area contributed by atoms with Crippen LogP contribution in [0.4, 0.5) is 5.69 Å². The Kier molecular flexibility index (Phi) is 3.13. The molecule has 0 spiro atoms. The maximum Gasteiger partial charge on any atom is 0.220 e. The van der Waals surface area contributed by atoms with Gasteiger partial charge >= 0.3 is 0 Å². The number of nitrogens with zero attached hydrogens (tertiary/aromatic N) is 1. The summed E-state index contributed by atoms with van der Waals surface area (Å²) in [6.45, 7) is 0. The number of fused-ring (bicyclic) bond motifs is 1.